The van der Waals surface area contributed by atoms with E-state index < -0.39 is 0 Å². The lowest BCUT2D eigenvalue weighted by Gasteiger charge is -2.29. The zero-order chi connectivity index (χ0) is 18.6. The van der Waals surface area contributed by atoms with E-state index in [1.165, 1.54) is 17.8 Å². The Morgan fingerprint density at radius 3 is 2.78 bits per heavy atom. The number of aromatic nitrogens is 2. The van der Waals surface area contributed by atoms with Crippen molar-refractivity contribution in [3.05, 3.63) is 44.2 Å². The first-order valence-corrected chi connectivity index (χ1v) is 11.0. The van der Waals surface area contributed by atoms with Crippen LogP contribution in [-0.4, -0.2) is 28.5 Å². The van der Waals surface area contributed by atoms with Crippen LogP contribution in [0.5, 0.6) is 0 Å². The second kappa shape index (κ2) is 8.22. The van der Waals surface area contributed by atoms with E-state index in [1.54, 1.807) is 15.9 Å². The Labute approximate surface area is 165 Å². The zero-order valence-electron chi connectivity index (χ0n) is 15.0. The number of nitrogens with zero attached hydrogens (tertiary/aromatic N) is 3. The molecule has 0 unspecified atom stereocenters. The first-order chi connectivity index (χ1) is 13.2. The van der Waals surface area contributed by atoms with Crippen LogP contribution in [0.2, 0.25) is 0 Å². The second-order valence-corrected chi connectivity index (χ2v) is 8.61. The minimum atomic E-state index is -0.0498. The second-order valence-electron chi connectivity index (χ2n) is 6.66. The molecule has 0 aromatic carbocycles. The Bertz CT molecular complexity index is 971. The van der Waals surface area contributed by atoms with Crippen LogP contribution in [0.15, 0.2) is 33.8 Å². The number of carbonyl (C=O) groups excluding carboxylic acids is 1. The van der Waals surface area contributed by atoms with Crippen molar-refractivity contribution in [3.8, 4) is 0 Å². The summed E-state index contributed by atoms with van der Waals surface area (Å²) in [5.41, 5.74) is 0.714. The molecule has 4 heterocycles. The van der Waals surface area contributed by atoms with Gasteiger partial charge < -0.3 is 10.2 Å². The Kier molecular flexibility index (Phi) is 5.54. The highest BCUT2D eigenvalue weighted by atomic mass is 32.1. The third-order valence-corrected chi connectivity index (χ3v) is 6.55. The number of anilines is 1. The Balaban J connectivity index is 1.53. The molecule has 3 aromatic heterocycles. The molecule has 1 fully saturated rings. The molecule has 142 valence electrons. The van der Waals surface area contributed by atoms with Gasteiger partial charge in [0.05, 0.1) is 12.1 Å². The van der Waals surface area contributed by atoms with Crippen molar-refractivity contribution in [1.82, 2.24) is 14.9 Å². The first kappa shape index (κ1) is 18.2. The van der Waals surface area contributed by atoms with Crippen LogP contribution in [0.4, 0.5) is 5.95 Å². The molecule has 27 heavy (non-hydrogen) atoms. The molecule has 1 aliphatic rings. The van der Waals surface area contributed by atoms with Gasteiger partial charge >= 0.3 is 0 Å². The molecule has 1 amide bonds. The van der Waals surface area contributed by atoms with Gasteiger partial charge in [-0.2, -0.15) is 0 Å². The van der Waals surface area contributed by atoms with E-state index in [0.717, 1.165) is 36.3 Å². The third kappa shape index (κ3) is 4.06. The average Bonchev–Trinajstić information content (AvgIpc) is 3.38. The lowest BCUT2D eigenvalue weighted by Crippen LogP contribution is -2.37. The summed E-state index contributed by atoms with van der Waals surface area (Å²) >= 11 is 3.03. The van der Waals surface area contributed by atoms with Gasteiger partial charge in [0.15, 0.2) is 0 Å². The van der Waals surface area contributed by atoms with Crippen molar-refractivity contribution < 1.29 is 4.79 Å². The maximum atomic E-state index is 13.0. The highest BCUT2D eigenvalue weighted by Gasteiger charge is 2.20. The van der Waals surface area contributed by atoms with E-state index in [-0.39, 0.29) is 17.9 Å². The molecule has 4 rings (SSSR count). The van der Waals surface area contributed by atoms with Gasteiger partial charge in [0, 0.05) is 30.9 Å². The van der Waals surface area contributed by atoms with Gasteiger partial charge in [0.2, 0.25) is 11.9 Å². The summed E-state index contributed by atoms with van der Waals surface area (Å²) in [6.07, 6.45) is 3.70. The van der Waals surface area contributed by atoms with Crippen LogP contribution in [0.25, 0.3) is 10.2 Å². The van der Waals surface area contributed by atoms with Gasteiger partial charge in [-0.25, -0.2) is 4.98 Å². The number of amides is 1. The molecule has 0 radical (unpaired) electrons. The molecule has 8 heteroatoms. The smallest absolute Gasteiger partial charge is 0.272 e. The van der Waals surface area contributed by atoms with Crippen LogP contribution in [0.3, 0.4) is 0 Å². The van der Waals surface area contributed by atoms with Crippen LogP contribution >= 0.6 is 22.7 Å². The molecule has 0 atom stereocenters. The van der Waals surface area contributed by atoms with E-state index in [0.29, 0.717) is 23.7 Å². The van der Waals surface area contributed by atoms with E-state index in [1.807, 2.05) is 29.0 Å². The quantitative estimate of drug-likeness (QED) is 0.687. The topological polar surface area (TPSA) is 67.2 Å². The average molecular weight is 403 g/mol. The third-order valence-electron chi connectivity index (χ3n) is 4.79. The fourth-order valence-corrected chi connectivity index (χ4v) is 4.79. The molecule has 6 nitrogen and oxygen atoms in total. The van der Waals surface area contributed by atoms with Crippen molar-refractivity contribution in [2.75, 3.05) is 18.0 Å². The molecule has 0 bridgehead atoms. The van der Waals surface area contributed by atoms with Crippen molar-refractivity contribution in [1.29, 1.82) is 0 Å². The molecule has 1 aliphatic heterocycles. The van der Waals surface area contributed by atoms with Crippen LogP contribution in [0, 0.1) is 0 Å². The maximum absolute atomic E-state index is 13.0. The molecule has 0 saturated carbocycles. The minimum Gasteiger partial charge on any atom is -0.351 e. The summed E-state index contributed by atoms with van der Waals surface area (Å²) in [4.78, 5) is 33.3. The summed E-state index contributed by atoms with van der Waals surface area (Å²) in [6.45, 7) is 2.70. The standard InChI is InChI=1S/C19H22N4O2S2/c24-16(20-13-14-5-4-11-26-14)6-10-23-18(25)17-15(7-12-27-17)21-19(23)22-8-2-1-3-9-22/h4-5,7,11-12H,1-3,6,8-10,13H2,(H,20,24). The summed E-state index contributed by atoms with van der Waals surface area (Å²) in [5.74, 6) is 0.655. The highest BCUT2D eigenvalue weighted by molar-refractivity contribution is 7.17. The Morgan fingerprint density at radius 2 is 2.00 bits per heavy atom. The number of nitrogens with one attached hydrogen (secondary N) is 1. The van der Waals surface area contributed by atoms with Crippen molar-refractivity contribution in [2.24, 2.45) is 0 Å². The summed E-state index contributed by atoms with van der Waals surface area (Å²) in [6, 6.07) is 5.87. The van der Waals surface area contributed by atoms with Crippen molar-refractivity contribution >= 4 is 44.7 Å². The van der Waals surface area contributed by atoms with Gasteiger partial charge in [-0.05, 0) is 42.2 Å². The molecule has 0 spiro atoms. The van der Waals surface area contributed by atoms with Gasteiger partial charge in [-0.3, -0.25) is 14.2 Å². The van der Waals surface area contributed by atoms with Gasteiger partial charge in [-0.15, -0.1) is 22.7 Å². The van der Waals surface area contributed by atoms with E-state index in [4.69, 9.17) is 4.98 Å². The van der Waals surface area contributed by atoms with Gasteiger partial charge in [0.25, 0.3) is 5.56 Å². The SMILES string of the molecule is O=C(CCn1c(N2CCCCC2)nc2ccsc2c1=O)NCc1cccs1. The molecular weight excluding hydrogens is 380 g/mol. The highest BCUT2D eigenvalue weighted by Crippen LogP contribution is 2.22. The summed E-state index contributed by atoms with van der Waals surface area (Å²) in [5, 5.41) is 6.82. The molecule has 3 aromatic rings. The maximum Gasteiger partial charge on any atom is 0.272 e. The lowest BCUT2D eigenvalue weighted by atomic mass is 10.1. The number of hydrogen-bond acceptors (Lipinski definition) is 6. The minimum absolute atomic E-state index is 0.0402. The predicted molar refractivity (Wildman–Crippen MR) is 111 cm³/mol. The molecule has 0 aliphatic carbocycles. The number of rotatable bonds is 6. The predicted octanol–water partition coefficient (Wildman–Crippen LogP) is 3.22. The monoisotopic (exact) mass is 402 g/mol. The lowest BCUT2D eigenvalue weighted by molar-refractivity contribution is -0.121. The summed E-state index contributed by atoms with van der Waals surface area (Å²) < 4.78 is 2.35. The summed E-state index contributed by atoms with van der Waals surface area (Å²) in [7, 11) is 0. The van der Waals surface area contributed by atoms with Crippen LogP contribution < -0.4 is 15.8 Å². The van der Waals surface area contributed by atoms with Gasteiger partial charge in [0.1, 0.15) is 4.70 Å². The first-order valence-electron chi connectivity index (χ1n) is 9.24. The molecule has 1 N–H and O–H groups in total. The van der Waals surface area contributed by atoms with Crippen LogP contribution in [0.1, 0.15) is 30.6 Å². The number of thiophene rings is 2. The largest absolute Gasteiger partial charge is 0.351 e. The van der Waals surface area contributed by atoms with Gasteiger partial charge in [-0.1, -0.05) is 6.07 Å². The van der Waals surface area contributed by atoms with Crippen LogP contribution in [-0.2, 0) is 17.9 Å². The number of fused-ring (bicyclic) bond motifs is 1. The molecule has 1 saturated heterocycles. The number of carbonyl (C=O) groups is 1. The normalized spacial score (nSPS) is 14.6. The number of hydrogen-bond donors (Lipinski definition) is 1. The zero-order valence-corrected chi connectivity index (χ0v) is 16.7. The Morgan fingerprint density at radius 1 is 1.15 bits per heavy atom. The van der Waals surface area contributed by atoms with E-state index in [2.05, 4.69) is 10.2 Å². The fraction of sp³-hybridized carbons (Fsp3) is 0.421. The molecular formula is C19H22N4O2S2. The van der Waals surface area contributed by atoms with Crippen molar-refractivity contribution in [3.63, 3.8) is 0 Å². The fourth-order valence-electron chi connectivity index (χ4n) is 3.37. The Hall–Kier alpha value is -2.19. The van der Waals surface area contributed by atoms with E-state index in [9.17, 15) is 9.59 Å². The number of piperidine rings is 1. The van der Waals surface area contributed by atoms with E-state index >= 15 is 0 Å². The van der Waals surface area contributed by atoms with Crippen molar-refractivity contribution in [2.45, 2.75) is 38.8 Å².